The van der Waals surface area contributed by atoms with Crippen LogP contribution in [0, 0.1) is 0 Å². The predicted molar refractivity (Wildman–Crippen MR) is 54.6 cm³/mol. The first-order valence-corrected chi connectivity index (χ1v) is 5.01. The van der Waals surface area contributed by atoms with Crippen LogP contribution in [0.15, 0.2) is 0 Å². The van der Waals surface area contributed by atoms with Gasteiger partial charge in [-0.25, -0.2) is 4.68 Å². The number of aliphatic hydroxyl groups excluding tert-OH is 1. The molecule has 4 heteroatoms. The van der Waals surface area contributed by atoms with Gasteiger partial charge in [0.05, 0.1) is 12.8 Å². The van der Waals surface area contributed by atoms with Crippen LogP contribution in [0.3, 0.4) is 0 Å². The lowest BCUT2D eigenvalue weighted by molar-refractivity contribution is 0.294. The zero-order chi connectivity index (χ0) is 10.6. The van der Waals surface area contributed by atoms with Gasteiger partial charge in [-0.3, -0.25) is 0 Å². The fourth-order valence-electron chi connectivity index (χ4n) is 1.62. The van der Waals surface area contributed by atoms with Crippen LogP contribution in [0.5, 0.6) is 5.88 Å². The topological polar surface area (TPSA) is 47.3 Å². The third kappa shape index (κ3) is 1.90. The first-order chi connectivity index (χ1) is 6.78. The van der Waals surface area contributed by atoms with Crippen LogP contribution in [0.2, 0.25) is 0 Å². The number of aliphatic hydroxyl groups is 1. The second-order valence-corrected chi connectivity index (χ2v) is 3.08. The minimum Gasteiger partial charge on any atom is -0.481 e. The third-order valence-electron chi connectivity index (χ3n) is 2.27. The molecule has 0 amide bonds. The molecule has 1 aromatic rings. The summed E-state index contributed by atoms with van der Waals surface area (Å²) in [5.74, 6) is 0.790. The molecule has 4 nitrogen and oxygen atoms in total. The Labute approximate surface area is 84.5 Å². The quantitative estimate of drug-likeness (QED) is 0.768. The molecule has 0 fully saturated rings. The minimum absolute atomic E-state index is 0.138. The van der Waals surface area contributed by atoms with Crippen LogP contribution in [-0.2, 0) is 19.4 Å². The van der Waals surface area contributed by atoms with E-state index in [4.69, 9.17) is 9.84 Å². The summed E-state index contributed by atoms with van der Waals surface area (Å²) in [6, 6.07) is 0. The van der Waals surface area contributed by atoms with Gasteiger partial charge in [-0.05, 0) is 13.3 Å². The van der Waals surface area contributed by atoms with Crippen molar-refractivity contribution in [1.29, 1.82) is 0 Å². The Morgan fingerprint density at radius 2 is 2.14 bits per heavy atom. The third-order valence-corrected chi connectivity index (χ3v) is 2.27. The van der Waals surface area contributed by atoms with Crippen molar-refractivity contribution in [2.24, 2.45) is 0 Å². The number of hydrogen-bond donors (Lipinski definition) is 1. The van der Waals surface area contributed by atoms with Gasteiger partial charge in [-0.1, -0.05) is 6.92 Å². The number of aromatic nitrogens is 2. The molecule has 0 saturated carbocycles. The summed E-state index contributed by atoms with van der Waals surface area (Å²) >= 11 is 0. The van der Waals surface area contributed by atoms with Crippen LogP contribution >= 0.6 is 0 Å². The van der Waals surface area contributed by atoms with Gasteiger partial charge in [0.2, 0.25) is 5.88 Å². The van der Waals surface area contributed by atoms with Crippen molar-refractivity contribution in [2.75, 3.05) is 13.7 Å². The number of methoxy groups -OCH3 is 1. The van der Waals surface area contributed by atoms with Gasteiger partial charge in [0.15, 0.2) is 0 Å². The van der Waals surface area contributed by atoms with Gasteiger partial charge in [-0.15, -0.1) is 0 Å². The summed E-state index contributed by atoms with van der Waals surface area (Å²) in [4.78, 5) is 0. The van der Waals surface area contributed by atoms with Crippen molar-refractivity contribution in [3.63, 3.8) is 0 Å². The molecule has 0 bridgehead atoms. The van der Waals surface area contributed by atoms with E-state index in [1.54, 1.807) is 7.11 Å². The highest BCUT2D eigenvalue weighted by atomic mass is 16.5. The standard InChI is InChI=1S/C10H18N2O2/c1-4-9-8(6-7-13)10(14-3)12(5-2)11-9/h13H,4-7H2,1-3H3. The average molecular weight is 198 g/mol. The summed E-state index contributed by atoms with van der Waals surface area (Å²) < 4.78 is 7.13. The van der Waals surface area contributed by atoms with Crippen molar-refractivity contribution in [3.05, 3.63) is 11.3 Å². The normalized spacial score (nSPS) is 10.6. The van der Waals surface area contributed by atoms with Gasteiger partial charge in [-0.2, -0.15) is 5.10 Å². The number of aryl methyl sites for hydroxylation is 2. The van der Waals surface area contributed by atoms with E-state index in [2.05, 4.69) is 12.0 Å². The van der Waals surface area contributed by atoms with Gasteiger partial charge in [0, 0.05) is 25.1 Å². The molecule has 0 spiro atoms. The molecule has 14 heavy (non-hydrogen) atoms. The maximum atomic E-state index is 8.95. The molecular formula is C10H18N2O2. The molecule has 0 unspecified atom stereocenters. The fourth-order valence-corrected chi connectivity index (χ4v) is 1.62. The van der Waals surface area contributed by atoms with Crippen molar-refractivity contribution >= 4 is 0 Å². The largest absolute Gasteiger partial charge is 0.481 e. The summed E-state index contributed by atoms with van der Waals surface area (Å²) in [6.07, 6.45) is 1.49. The monoisotopic (exact) mass is 198 g/mol. The van der Waals surface area contributed by atoms with E-state index in [1.165, 1.54) is 0 Å². The lowest BCUT2D eigenvalue weighted by atomic mass is 10.1. The van der Waals surface area contributed by atoms with Gasteiger partial charge < -0.3 is 9.84 Å². The summed E-state index contributed by atoms with van der Waals surface area (Å²) in [6.45, 7) is 5.01. The highest BCUT2D eigenvalue weighted by molar-refractivity contribution is 5.32. The van der Waals surface area contributed by atoms with Crippen LogP contribution in [0.25, 0.3) is 0 Å². The van der Waals surface area contributed by atoms with E-state index in [0.717, 1.165) is 30.1 Å². The number of hydrogen-bond acceptors (Lipinski definition) is 3. The Kier molecular flexibility index (Phi) is 3.95. The van der Waals surface area contributed by atoms with Crippen LogP contribution < -0.4 is 4.74 Å². The number of rotatable bonds is 5. The van der Waals surface area contributed by atoms with Gasteiger partial charge in [0.1, 0.15) is 0 Å². The Bertz CT molecular complexity index is 295. The summed E-state index contributed by atoms with van der Waals surface area (Å²) in [7, 11) is 1.64. The second-order valence-electron chi connectivity index (χ2n) is 3.08. The van der Waals surface area contributed by atoms with Gasteiger partial charge >= 0.3 is 0 Å². The van der Waals surface area contributed by atoms with Crippen LogP contribution in [0.1, 0.15) is 25.1 Å². The zero-order valence-electron chi connectivity index (χ0n) is 9.08. The van der Waals surface area contributed by atoms with Crippen molar-refractivity contribution in [3.8, 4) is 5.88 Å². The Hall–Kier alpha value is -1.03. The molecule has 0 aliphatic rings. The lowest BCUT2D eigenvalue weighted by Gasteiger charge is -2.04. The minimum atomic E-state index is 0.138. The molecule has 1 rings (SSSR count). The molecule has 1 aromatic heterocycles. The van der Waals surface area contributed by atoms with E-state index in [9.17, 15) is 0 Å². The molecule has 1 N–H and O–H groups in total. The van der Waals surface area contributed by atoms with E-state index < -0.39 is 0 Å². The fraction of sp³-hybridized carbons (Fsp3) is 0.700. The molecule has 0 radical (unpaired) electrons. The molecule has 1 heterocycles. The van der Waals surface area contributed by atoms with E-state index in [1.807, 2.05) is 11.6 Å². The molecule has 0 aliphatic carbocycles. The Morgan fingerprint density at radius 1 is 1.43 bits per heavy atom. The van der Waals surface area contributed by atoms with E-state index >= 15 is 0 Å². The average Bonchev–Trinajstić information content (AvgIpc) is 2.56. The summed E-state index contributed by atoms with van der Waals surface area (Å²) in [5.41, 5.74) is 2.07. The molecule has 0 aliphatic heterocycles. The molecule has 0 atom stereocenters. The maximum Gasteiger partial charge on any atom is 0.215 e. The van der Waals surface area contributed by atoms with Crippen LogP contribution in [0.4, 0.5) is 0 Å². The smallest absolute Gasteiger partial charge is 0.215 e. The zero-order valence-corrected chi connectivity index (χ0v) is 9.08. The lowest BCUT2D eigenvalue weighted by Crippen LogP contribution is -2.01. The molecule has 80 valence electrons. The maximum absolute atomic E-state index is 8.95. The number of nitrogens with zero attached hydrogens (tertiary/aromatic N) is 2. The van der Waals surface area contributed by atoms with Crippen LogP contribution in [-0.4, -0.2) is 28.6 Å². The molecule has 0 aromatic carbocycles. The number of ether oxygens (including phenoxy) is 1. The highest BCUT2D eigenvalue weighted by Crippen LogP contribution is 2.23. The Balaban J connectivity index is 3.11. The Morgan fingerprint density at radius 3 is 2.57 bits per heavy atom. The van der Waals surface area contributed by atoms with E-state index in [-0.39, 0.29) is 6.61 Å². The predicted octanol–water partition coefficient (Wildman–Crippen LogP) is 1.01. The summed E-state index contributed by atoms with van der Waals surface area (Å²) in [5, 5.41) is 13.4. The SMILES string of the molecule is CCc1nn(CC)c(OC)c1CCO. The first kappa shape index (κ1) is 11.0. The van der Waals surface area contributed by atoms with Gasteiger partial charge in [0.25, 0.3) is 0 Å². The van der Waals surface area contributed by atoms with Crippen molar-refractivity contribution in [1.82, 2.24) is 9.78 Å². The second kappa shape index (κ2) is 5.00. The van der Waals surface area contributed by atoms with Crippen molar-refractivity contribution in [2.45, 2.75) is 33.2 Å². The molecular weight excluding hydrogens is 180 g/mol. The van der Waals surface area contributed by atoms with E-state index in [0.29, 0.717) is 6.42 Å². The van der Waals surface area contributed by atoms with Crippen molar-refractivity contribution < 1.29 is 9.84 Å². The molecule has 0 saturated heterocycles. The first-order valence-electron chi connectivity index (χ1n) is 5.01. The highest BCUT2D eigenvalue weighted by Gasteiger charge is 2.15.